The molecule has 7 heteroatoms. The summed E-state index contributed by atoms with van der Waals surface area (Å²) in [5.41, 5.74) is 2.90. The Balaban J connectivity index is 1.71. The Morgan fingerprint density at radius 3 is 1.73 bits per heavy atom. The average molecular weight is 621 g/mol. The fourth-order valence-corrected chi connectivity index (χ4v) is 6.04. The van der Waals surface area contributed by atoms with Crippen molar-refractivity contribution in [3.05, 3.63) is 146 Å². The van der Waals surface area contributed by atoms with Crippen molar-refractivity contribution in [3.63, 3.8) is 0 Å². The van der Waals surface area contributed by atoms with Crippen molar-refractivity contribution >= 4 is 44.0 Å². The van der Waals surface area contributed by atoms with Crippen LogP contribution in [0.15, 0.2) is 126 Å². The summed E-state index contributed by atoms with van der Waals surface area (Å²) in [5, 5.41) is 0. The maximum absolute atomic E-state index is 14.1. The normalized spacial score (nSPS) is 15.9. The van der Waals surface area contributed by atoms with Crippen molar-refractivity contribution in [2.75, 3.05) is 11.2 Å². The van der Waals surface area contributed by atoms with E-state index in [1.807, 2.05) is 115 Å². The van der Waals surface area contributed by atoms with Crippen LogP contribution in [0.3, 0.4) is 0 Å². The van der Waals surface area contributed by atoms with E-state index in [2.05, 4.69) is 22.6 Å². The minimum atomic E-state index is -3.85. The molecule has 0 saturated heterocycles. The van der Waals surface area contributed by atoms with Crippen molar-refractivity contribution in [1.29, 1.82) is 0 Å². The summed E-state index contributed by atoms with van der Waals surface area (Å²) in [6.07, 6.45) is 0.457. The Bertz CT molecular complexity index is 1500. The van der Waals surface area contributed by atoms with E-state index >= 15 is 0 Å². The monoisotopic (exact) mass is 621 g/mol. The number of benzene rings is 4. The Morgan fingerprint density at radius 1 is 0.757 bits per heavy atom. The molecule has 4 aromatic rings. The quantitative estimate of drug-likeness (QED) is 0.223. The van der Waals surface area contributed by atoms with Gasteiger partial charge in [-0.25, -0.2) is 8.42 Å². The van der Waals surface area contributed by atoms with E-state index < -0.39 is 27.9 Å². The zero-order valence-corrected chi connectivity index (χ0v) is 23.0. The molecule has 4 aromatic carbocycles. The van der Waals surface area contributed by atoms with Crippen LogP contribution >= 0.6 is 22.6 Å². The summed E-state index contributed by atoms with van der Waals surface area (Å²) in [4.78, 5) is 15.6. The number of halogens is 1. The summed E-state index contributed by atoms with van der Waals surface area (Å²) in [7, 11) is -3.85. The molecule has 0 aliphatic carbocycles. The molecule has 0 bridgehead atoms. The van der Waals surface area contributed by atoms with Crippen LogP contribution in [0.4, 0.5) is 5.69 Å². The van der Waals surface area contributed by atoms with Crippen molar-refractivity contribution in [1.82, 2.24) is 0 Å². The molecule has 37 heavy (non-hydrogen) atoms. The van der Waals surface area contributed by atoms with E-state index in [-0.39, 0.29) is 10.7 Å². The third kappa shape index (κ3) is 5.19. The molecule has 0 saturated carbocycles. The second-order valence-electron chi connectivity index (χ2n) is 8.75. The number of carbonyl (C=O) groups excluding carboxylic acids is 1. The highest BCUT2D eigenvalue weighted by Crippen LogP contribution is 2.45. The number of nitrogens with zero attached hydrogens (tertiary/aromatic N) is 1. The summed E-state index contributed by atoms with van der Waals surface area (Å²) < 4.78 is 34.2. The molecular weight excluding hydrogens is 597 g/mol. The highest BCUT2D eigenvalue weighted by atomic mass is 127. The Hall–Kier alpha value is -3.43. The molecule has 1 atom stereocenters. The van der Waals surface area contributed by atoms with Gasteiger partial charge in [0, 0.05) is 15.5 Å². The molecular formula is C30H24INO4S. The van der Waals surface area contributed by atoms with Crippen LogP contribution in [0, 0.1) is 3.57 Å². The molecule has 0 N–H and O–H groups in total. The smallest absolute Gasteiger partial charge is 0.295 e. The third-order valence-electron chi connectivity index (χ3n) is 6.20. The van der Waals surface area contributed by atoms with Gasteiger partial charge in [0.25, 0.3) is 5.91 Å². The van der Waals surface area contributed by atoms with Crippen LogP contribution in [0.1, 0.15) is 28.8 Å². The molecule has 0 fully saturated rings. The van der Waals surface area contributed by atoms with E-state index in [4.69, 9.17) is 4.74 Å². The van der Waals surface area contributed by atoms with Gasteiger partial charge in [-0.3, -0.25) is 9.69 Å². The van der Waals surface area contributed by atoms with Gasteiger partial charge in [-0.1, -0.05) is 91.0 Å². The van der Waals surface area contributed by atoms with Gasteiger partial charge in [0.15, 0.2) is 9.84 Å². The number of anilines is 1. The number of ether oxygens (including phenoxy) is 1. The molecule has 186 valence electrons. The van der Waals surface area contributed by atoms with Crippen molar-refractivity contribution in [2.45, 2.75) is 12.1 Å². The topological polar surface area (TPSA) is 63.7 Å². The van der Waals surface area contributed by atoms with E-state index in [0.29, 0.717) is 11.3 Å². The predicted molar refractivity (Wildman–Crippen MR) is 154 cm³/mol. The SMILES string of the molecule is CS(=O)(=O)C1=C(OC(c2ccccc2)c2ccccc2)C(=O)N(c2ccc(I)cc2)[C@@H]1c1ccccc1. The predicted octanol–water partition coefficient (Wildman–Crippen LogP) is 6.44. The largest absolute Gasteiger partial charge is 0.474 e. The fourth-order valence-electron chi connectivity index (χ4n) is 4.56. The van der Waals surface area contributed by atoms with Crippen LogP contribution in [-0.4, -0.2) is 20.6 Å². The molecule has 0 radical (unpaired) electrons. The number of carbonyl (C=O) groups is 1. The molecule has 1 amide bonds. The molecule has 0 aromatic heterocycles. The van der Waals surface area contributed by atoms with Crippen molar-refractivity contribution in [3.8, 4) is 0 Å². The lowest BCUT2D eigenvalue weighted by molar-refractivity contribution is -0.118. The van der Waals surface area contributed by atoms with Gasteiger partial charge in [0.2, 0.25) is 5.76 Å². The van der Waals surface area contributed by atoms with Crippen LogP contribution in [0.25, 0.3) is 0 Å². The van der Waals surface area contributed by atoms with Crippen LogP contribution in [0.2, 0.25) is 0 Å². The lowest BCUT2D eigenvalue weighted by Crippen LogP contribution is -2.31. The zero-order chi connectivity index (χ0) is 26.0. The molecule has 1 aliphatic rings. The second kappa shape index (κ2) is 10.5. The highest BCUT2D eigenvalue weighted by molar-refractivity contribution is 14.1. The summed E-state index contributed by atoms with van der Waals surface area (Å²) >= 11 is 2.20. The van der Waals surface area contributed by atoms with E-state index in [0.717, 1.165) is 21.0 Å². The standard InChI is InChI=1S/C30H24INO4S/c1-37(34,35)29-26(21-11-5-2-6-12-21)32(25-19-17-24(31)18-20-25)30(33)28(29)36-27(22-13-7-3-8-14-22)23-15-9-4-10-16-23/h2-20,26-27H,1H3/t26-/m1/s1. The number of sulfone groups is 1. The van der Waals surface area contributed by atoms with Gasteiger partial charge in [-0.05, 0) is 63.5 Å². The summed E-state index contributed by atoms with van der Waals surface area (Å²) in [6.45, 7) is 0. The minimum absolute atomic E-state index is 0.0425. The average Bonchev–Trinajstić information content (AvgIpc) is 3.21. The second-order valence-corrected chi connectivity index (χ2v) is 12.0. The fraction of sp³-hybridized carbons (Fsp3) is 0.100. The Labute approximate surface area is 230 Å². The lowest BCUT2D eigenvalue weighted by Gasteiger charge is -2.26. The molecule has 1 aliphatic heterocycles. The minimum Gasteiger partial charge on any atom is -0.474 e. The molecule has 5 nitrogen and oxygen atoms in total. The maximum Gasteiger partial charge on any atom is 0.295 e. The van der Waals surface area contributed by atoms with Gasteiger partial charge in [-0.2, -0.15) is 0 Å². The first-order valence-corrected chi connectivity index (χ1v) is 14.7. The number of hydrogen-bond donors (Lipinski definition) is 0. The number of hydrogen-bond acceptors (Lipinski definition) is 4. The first kappa shape index (κ1) is 25.2. The van der Waals surface area contributed by atoms with Gasteiger partial charge < -0.3 is 4.74 Å². The number of rotatable bonds is 7. The molecule has 0 unspecified atom stereocenters. The van der Waals surface area contributed by atoms with Crippen LogP contribution < -0.4 is 4.90 Å². The maximum atomic E-state index is 14.1. The van der Waals surface area contributed by atoms with Crippen molar-refractivity contribution in [2.24, 2.45) is 0 Å². The Morgan fingerprint density at radius 2 is 1.24 bits per heavy atom. The van der Waals surface area contributed by atoms with Crippen LogP contribution in [-0.2, 0) is 19.4 Å². The zero-order valence-electron chi connectivity index (χ0n) is 20.0. The van der Waals surface area contributed by atoms with E-state index in [9.17, 15) is 13.2 Å². The first-order chi connectivity index (χ1) is 17.8. The lowest BCUT2D eigenvalue weighted by atomic mass is 10.0. The molecule has 5 rings (SSSR count). The van der Waals surface area contributed by atoms with Gasteiger partial charge in [-0.15, -0.1) is 0 Å². The van der Waals surface area contributed by atoms with Gasteiger partial charge >= 0.3 is 0 Å². The van der Waals surface area contributed by atoms with Gasteiger partial charge in [0.05, 0.1) is 0 Å². The Kier molecular flexibility index (Phi) is 7.17. The van der Waals surface area contributed by atoms with Crippen molar-refractivity contribution < 1.29 is 17.9 Å². The summed E-state index contributed by atoms with van der Waals surface area (Å²) in [6, 6.07) is 34.7. The summed E-state index contributed by atoms with van der Waals surface area (Å²) in [5.74, 6) is -0.653. The first-order valence-electron chi connectivity index (χ1n) is 11.7. The van der Waals surface area contributed by atoms with Gasteiger partial charge in [0.1, 0.15) is 17.1 Å². The van der Waals surface area contributed by atoms with Crippen LogP contribution in [0.5, 0.6) is 0 Å². The molecule has 0 spiro atoms. The third-order valence-corrected chi connectivity index (χ3v) is 8.13. The number of amides is 1. The molecule has 1 heterocycles. The van der Waals surface area contributed by atoms with E-state index in [1.165, 1.54) is 4.90 Å². The highest BCUT2D eigenvalue weighted by Gasteiger charge is 2.47. The van der Waals surface area contributed by atoms with E-state index in [1.54, 1.807) is 0 Å².